The lowest BCUT2D eigenvalue weighted by Crippen LogP contribution is -2.30. The predicted octanol–water partition coefficient (Wildman–Crippen LogP) is 1.93. The van der Waals surface area contributed by atoms with E-state index in [0.717, 1.165) is 17.8 Å². The van der Waals surface area contributed by atoms with E-state index in [0.29, 0.717) is 26.1 Å². The Bertz CT molecular complexity index is 874. The molecule has 3 rings (SSSR count). The summed E-state index contributed by atoms with van der Waals surface area (Å²) in [5.74, 6) is 0.186. The van der Waals surface area contributed by atoms with Crippen molar-refractivity contribution in [1.82, 2.24) is 14.5 Å². The normalized spacial score (nSPS) is 16.2. The number of carbonyl (C=O) groups is 1. The Labute approximate surface area is 154 Å². The minimum absolute atomic E-state index is 0.0847. The van der Waals surface area contributed by atoms with Gasteiger partial charge in [0.15, 0.2) is 0 Å². The summed E-state index contributed by atoms with van der Waals surface area (Å²) in [5, 5.41) is 4.22. The molecule has 7 nitrogen and oxygen atoms in total. The number of nitrogens with zero attached hydrogens (tertiary/aromatic N) is 3. The molecular formula is C18H24N4O3S. The van der Waals surface area contributed by atoms with Crippen LogP contribution in [0.25, 0.3) is 0 Å². The standard InChI is InChI=1S/C18H24N4O3S/c1-14(13-22-15(2)9-10-19-22)12-20-26(24,25)17-7-5-16(6-8-17)21-11-3-4-18(21)23/h5-10,14,20H,3-4,11-13H2,1-2H3. The summed E-state index contributed by atoms with van der Waals surface area (Å²) in [6.45, 7) is 5.61. The van der Waals surface area contributed by atoms with Crippen LogP contribution in [-0.4, -0.2) is 37.2 Å². The van der Waals surface area contributed by atoms with Gasteiger partial charge in [-0.3, -0.25) is 9.48 Å². The van der Waals surface area contributed by atoms with Crippen LogP contribution < -0.4 is 9.62 Å². The first-order valence-electron chi connectivity index (χ1n) is 8.75. The Morgan fingerprint density at radius 2 is 1.96 bits per heavy atom. The van der Waals surface area contributed by atoms with Crippen LogP contribution in [0.1, 0.15) is 25.5 Å². The summed E-state index contributed by atoms with van der Waals surface area (Å²) in [6, 6.07) is 8.39. The van der Waals surface area contributed by atoms with Gasteiger partial charge in [-0.15, -0.1) is 0 Å². The highest BCUT2D eigenvalue weighted by Crippen LogP contribution is 2.23. The quantitative estimate of drug-likeness (QED) is 0.800. The van der Waals surface area contributed by atoms with E-state index in [-0.39, 0.29) is 16.7 Å². The van der Waals surface area contributed by atoms with E-state index in [2.05, 4.69) is 9.82 Å². The molecule has 0 bridgehead atoms. The second kappa shape index (κ2) is 7.59. The first-order valence-corrected chi connectivity index (χ1v) is 10.2. The molecule has 2 aromatic rings. The minimum atomic E-state index is -3.58. The van der Waals surface area contributed by atoms with Crippen molar-refractivity contribution in [3.05, 3.63) is 42.2 Å². The van der Waals surface area contributed by atoms with Crippen molar-refractivity contribution >= 4 is 21.6 Å². The van der Waals surface area contributed by atoms with E-state index in [1.165, 1.54) is 0 Å². The van der Waals surface area contributed by atoms with Crippen molar-refractivity contribution < 1.29 is 13.2 Å². The van der Waals surface area contributed by atoms with Crippen LogP contribution in [0.15, 0.2) is 41.4 Å². The maximum Gasteiger partial charge on any atom is 0.240 e. The van der Waals surface area contributed by atoms with Gasteiger partial charge in [-0.25, -0.2) is 13.1 Å². The van der Waals surface area contributed by atoms with Gasteiger partial charge in [-0.05, 0) is 49.6 Å². The van der Waals surface area contributed by atoms with Gasteiger partial charge in [0.25, 0.3) is 0 Å². The predicted molar refractivity (Wildman–Crippen MR) is 99.3 cm³/mol. The number of amides is 1. The molecule has 140 valence electrons. The Hall–Kier alpha value is -2.19. The number of aryl methyl sites for hydroxylation is 1. The maximum atomic E-state index is 12.5. The number of anilines is 1. The second-order valence-corrected chi connectivity index (χ2v) is 8.52. The van der Waals surface area contributed by atoms with E-state index in [4.69, 9.17) is 0 Å². The van der Waals surface area contributed by atoms with Crippen LogP contribution in [0.3, 0.4) is 0 Å². The fourth-order valence-corrected chi connectivity index (χ4v) is 4.18. The summed E-state index contributed by atoms with van der Waals surface area (Å²) < 4.78 is 29.5. The summed E-state index contributed by atoms with van der Waals surface area (Å²) >= 11 is 0. The third-order valence-corrected chi connectivity index (χ3v) is 6.01. The van der Waals surface area contributed by atoms with Crippen molar-refractivity contribution in [3.8, 4) is 0 Å². The molecule has 0 aliphatic carbocycles. The average Bonchev–Trinajstić information content (AvgIpc) is 3.22. The van der Waals surface area contributed by atoms with Gasteiger partial charge in [0.05, 0.1) is 4.90 Å². The fraction of sp³-hybridized carbons (Fsp3) is 0.444. The number of hydrogen-bond donors (Lipinski definition) is 1. The van der Waals surface area contributed by atoms with Crippen LogP contribution in [0.4, 0.5) is 5.69 Å². The van der Waals surface area contributed by atoms with Crippen molar-refractivity contribution in [1.29, 1.82) is 0 Å². The number of aromatic nitrogens is 2. The van der Waals surface area contributed by atoms with Crippen molar-refractivity contribution in [3.63, 3.8) is 0 Å². The number of rotatable bonds is 7. The molecule has 1 aliphatic rings. The Morgan fingerprint density at radius 1 is 1.23 bits per heavy atom. The number of hydrogen-bond acceptors (Lipinski definition) is 4. The molecular weight excluding hydrogens is 352 g/mol. The van der Waals surface area contributed by atoms with Gasteiger partial charge in [-0.2, -0.15) is 5.10 Å². The van der Waals surface area contributed by atoms with Crippen LogP contribution >= 0.6 is 0 Å². The summed E-state index contributed by atoms with van der Waals surface area (Å²) in [6.07, 6.45) is 3.13. The zero-order valence-corrected chi connectivity index (χ0v) is 15.9. The minimum Gasteiger partial charge on any atom is -0.312 e. The molecule has 2 heterocycles. The molecule has 0 spiro atoms. The Kier molecular flexibility index (Phi) is 5.43. The third-order valence-electron chi connectivity index (χ3n) is 4.57. The zero-order chi connectivity index (χ0) is 18.7. The van der Waals surface area contributed by atoms with Crippen molar-refractivity contribution in [2.24, 2.45) is 5.92 Å². The van der Waals surface area contributed by atoms with Crippen molar-refractivity contribution in [2.45, 2.75) is 38.1 Å². The average molecular weight is 376 g/mol. The van der Waals surface area contributed by atoms with Crippen LogP contribution in [0.5, 0.6) is 0 Å². The first kappa shape index (κ1) is 18.6. The highest BCUT2D eigenvalue weighted by molar-refractivity contribution is 7.89. The maximum absolute atomic E-state index is 12.5. The molecule has 26 heavy (non-hydrogen) atoms. The third kappa shape index (κ3) is 4.13. The highest BCUT2D eigenvalue weighted by Gasteiger charge is 2.22. The number of carbonyl (C=O) groups excluding carboxylic acids is 1. The summed E-state index contributed by atoms with van der Waals surface area (Å²) in [5.41, 5.74) is 1.79. The van der Waals surface area contributed by atoms with E-state index in [1.807, 2.05) is 24.6 Å². The van der Waals surface area contributed by atoms with Crippen molar-refractivity contribution in [2.75, 3.05) is 18.0 Å². The molecule has 0 saturated carbocycles. The first-order chi connectivity index (χ1) is 12.4. The topological polar surface area (TPSA) is 84.3 Å². The number of sulfonamides is 1. The van der Waals surface area contributed by atoms with Crippen LogP contribution in [0, 0.1) is 12.8 Å². The molecule has 0 radical (unpaired) electrons. The van der Waals surface area contributed by atoms with Gasteiger partial charge in [0.1, 0.15) is 0 Å². The SMILES string of the molecule is Cc1ccnn1CC(C)CNS(=O)(=O)c1ccc(N2CCCC2=O)cc1. The lowest BCUT2D eigenvalue weighted by Gasteiger charge is -2.17. The molecule has 1 N–H and O–H groups in total. The van der Waals surface area contributed by atoms with E-state index >= 15 is 0 Å². The molecule has 1 amide bonds. The molecule has 1 atom stereocenters. The van der Waals surface area contributed by atoms with E-state index < -0.39 is 10.0 Å². The van der Waals surface area contributed by atoms with Crippen LogP contribution in [-0.2, 0) is 21.4 Å². The van der Waals surface area contributed by atoms with Gasteiger partial charge in [-0.1, -0.05) is 6.92 Å². The van der Waals surface area contributed by atoms with E-state index in [9.17, 15) is 13.2 Å². The Morgan fingerprint density at radius 3 is 2.54 bits per heavy atom. The molecule has 8 heteroatoms. The molecule has 1 saturated heterocycles. The number of benzene rings is 1. The van der Waals surface area contributed by atoms with Gasteiger partial charge in [0.2, 0.25) is 15.9 Å². The molecule has 1 unspecified atom stereocenters. The van der Waals surface area contributed by atoms with Crippen LogP contribution in [0.2, 0.25) is 0 Å². The monoisotopic (exact) mass is 376 g/mol. The smallest absolute Gasteiger partial charge is 0.240 e. The van der Waals surface area contributed by atoms with E-state index in [1.54, 1.807) is 35.4 Å². The molecule has 1 aromatic carbocycles. The lowest BCUT2D eigenvalue weighted by atomic mass is 10.2. The summed E-state index contributed by atoms with van der Waals surface area (Å²) in [7, 11) is -3.58. The molecule has 1 aliphatic heterocycles. The van der Waals surface area contributed by atoms with Gasteiger partial charge >= 0.3 is 0 Å². The zero-order valence-electron chi connectivity index (χ0n) is 15.1. The molecule has 1 aromatic heterocycles. The van der Waals surface area contributed by atoms with Gasteiger partial charge < -0.3 is 4.90 Å². The summed E-state index contributed by atoms with van der Waals surface area (Å²) in [4.78, 5) is 13.7. The second-order valence-electron chi connectivity index (χ2n) is 6.75. The Balaban J connectivity index is 1.60. The molecule has 1 fully saturated rings. The van der Waals surface area contributed by atoms with Gasteiger partial charge in [0, 0.05) is 43.6 Å². The number of nitrogens with one attached hydrogen (secondary N) is 1. The lowest BCUT2D eigenvalue weighted by molar-refractivity contribution is -0.117. The fourth-order valence-electron chi connectivity index (χ4n) is 3.01. The highest BCUT2D eigenvalue weighted by atomic mass is 32.2. The largest absolute Gasteiger partial charge is 0.312 e.